The third-order valence-electron chi connectivity index (χ3n) is 3.11. The standard InChI is InChI=1S/C17H15Cl2NO3/c1-11-7-8-14(18)15(9-11)23-10-12-5-3-4-6-13(12)16(17(19)21)20-22-2/h3-9H,10H2,1-2H3/b20-16+. The van der Waals surface area contributed by atoms with Crippen molar-refractivity contribution in [2.75, 3.05) is 7.11 Å². The van der Waals surface area contributed by atoms with Gasteiger partial charge >= 0.3 is 0 Å². The smallest absolute Gasteiger partial charge is 0.274 e. The van der Waals surface area contributed by atoms with Crippen LogP contribution >= 0.6 is 23.2 Å². The Labute approximate surface area is 144 Å². The van der Waals surface area contributed by atoms with Gasteiger partial charge in [0.1, 0.15) is 19.5 Å². The van der Waals surface area contributed by atoms with Gasteiger partial charge in [0, 0.05) is 5.56 Å². The molecule has 0 N–H and O–H groups in total. The second-order valence-electron chi connectivity index (χ2n) is 4.78. The molecule has 0 radical (unpaired) electrons. The molecular weight excluding hydrogens is 337 g/mol. The van der Waals surface area contributed by atoms with Crippen molar-refractivity contribution in [3.63, 3.8) is 0 Å². The first kappa shape index (κ1) is 17.3. The Balaban J connectivity index is 2.29. The highest BCUT2D eigenvalue weighted by molar-refractivity contribution is 6.84. The first-order valence-corrected chi connectivity index (χ1v) is 7.56. The lowest BCUT2D eigenvalue weighted by molar-refractivity contribution is -0.106. The number of hydrogen-bond acceptors (Lipinski definition) is 4. The molecule has 2 aromatic carbocycles. The number of hydrogen-bond donors (Lipinski definition) is 0. The molecule has 0 aromatic heterocycles. The van der Waals surface area contributed by atoms with Crippen molar-refractivity contribution in [1.82, 2.24) is 0 Å². The van der Waals surface area contributed by atoms with Crippen LogP contribution in [0.1, 0.15) is 16.7 Å². The SMILES string of the molecule is CO/N=C(/C(=O)Cl)c1ccccc1COc1cc(C)ccc1Cl. The normalized spacial score (nSPS) is 11.2. The average Bonchev–Trinajstić information content (AvgIpc) is 2.53. The quantitative estimate of drug-likeness (QED) is 0.441. The molecule has 0 amide bonds. The summed E-state index contributed by atoms with van der Waals surface area (Å²) in [6, 6.07) is 12.7. The van der Waals surface area contributed by atoms with Crippen LogP contribution in [-0.4, -0.2) is 18.1 Å². The number of oxime groups is 1. The van der Waals surface area contributed by atoms with Crippen molar-refractivity contribution in [2.45, 2.75) is 13.5 Å². The molecule has 120 valence electrons. The van der Waals surface area contributed by atoms with Gasteiger partial charge in [0.25, 0.3) is 5.24 Å². The molecule has 2 rings (SSSR count). The molecule has 4 nitrogen and oxygen atoms in total. The zero-order chi connectivity index (χ0) is 16.8. The van der Waals surface area contributed by atoms with Crippen LogP contribution in [0.5, 0.6) is 5.75 Å². The van der Waals surface area contributed by atoms with Crippen molar-refractivity contribution in [3.05, 3.63) is 64.2 Å². The third kappa shape index (κ3) is 4.47. The number of ether oxygens (including phenoxy) is 1. The van der Waals surface area contributed by atoms with Crippen LogP contribution in [0.3, 0.4) is 0 Å². The lowest BCUT2D eigenvalue weighted by Gasteiger charge is -2.12. The highest BCUT2D eigenvalue weighted by Gasteiger charge is 2.17. The van der Waals surface area contributed by atoms with E-state index >= 15 is 0 Å². The summed E-state index contributed by atoms with van der Waals surface area (Å²) in [5.74, 6) is 0.573. The molecule has 6 heteroatoms. The number of aryl methyl sites for hydroxylation is 1. The lowest BCUT2D eigenvalue weighted by Crippen LogP contribution is -2.14. The third-order valence-corrected chi connectivity index (χ3v) is 3.60. The Morgan fingerprint density at radius 3 is 2.65 bits per heavy atom. The Hall–Kier alpha value is -2.04. The van der Waals surface area contributed by atoms with Crippen LogP contribution in [0.2, 0.25) is 5.02 Å². The van der Waals surface area contributed by atoms with E-state index in [2.05, 4.69) is 5.16 Å². The zero-order valence-corrected chi connectivity index (χ0v) is 14.2. The van der Waals surface area contributed by atoms with Gasteiger partial charge in [-0.2, -0.15) is 0 Å². The first-order chi connectivity index (χ1) is 11.0. The molecule has 0 spiro atoms. The summed E-state index contributed by atoms with van der Waals surface area (Å²) in [7, 11) is 1.35. The van der Waals surface area contributed by atoms with Crippen LogP contribution in [0, 0.1) is 6.92 Å². The van der Waals surface area contributed by atoms with Crippen molar-refractivity contribution in [2.24, 2.45) is 5.16 Å². The predicted molar refractivity (Wildman–Crippen MR) is 91.4 cm³/mol. The zero-order valence-electron chi connectivity index (χ0n) is 12.7. The molecule has 0 aliphatic rings. The highest BCUT2D eigenvalue weighted by Crippen LogP contribution is 2.26. The van der Waals surface area contributed by atoms with Crippen LogP contribution in [0.25, 0.3) is 0 Å². The molecule has 0 heterocycles. The molecular formula is C17H15Cl2NO3. The molecule has 0 bridgehead atoms. The van der Waals surface area contributed by atoms with Crippen molar-refractivity contribution < 1.29 is 14.4 Å². The van der Waals surface area contributed by atoms with Crippen molar-refractivity contribution in [1.29, 1.82) is 0 Å². The molecule has 0 aliphatic heterocycles. The molecule has 0 unspecified atom stereocenters. The molecule has 0 fully saturated rings. The highest BCUT2D eigenvalue weighted by atomic mass is 35.5. The van der Waals surface area contributed by atoms with Crippen molar-refractivity contribution in [3.8, 4) is 5.75 Å². The fourth-order valence-electron chi connectivity index (χ4n) is 2.04. The Morgan fingerprint density at radius 1 is 1.22 bits per heavy atom. The molecule has 23 heavy (non-hydrogen) atoms. The van der Waals surface area contributed by atoms with E-state index in [4.69, 9.17) is 32.8 Å². The minimum atomic E-state index is -0.701. The van der Waals surface area contributed by atoms with E-state index in [0.717, 1.165) is 11.1 Å². The minimum absolute atomic E-state index is 0.0312. The molecule has 0 aliphatic carbocycles. The van der Waals surface area contributed by atoms with Crippen LogP contribution in [-0.2, 0) is 16.2 Å². The van der Waals surface area contributed by atoms with Gasteiger partial charge < -0.3 is 9.57 Å². The number of nitrogens with zero attached hydrogens (tertiary/aromatic N) is 1. The maximum absolute atomic E-state index is 11.6. The number of halogens is 2. The minimum Gasteiger partial charge on any atom is -0.487 e. The number of carbonyl (C=O) groups is 1. The van der Waals surface area contributed by atoms with E-state index in [1.165, 1.54) is 7.11 Å². The van der Waals surface area contributed by atoms with E-state index in [-0.39, 0.29) is 12.3 Å². The Kier molecular flexibility index (Phi) is 6.02. The van der Waals surface area contributed by atoms with Crippen LogP contribution in [0.15, 0.2) is 47.6 Å². The number of rotatable bonds is 6. The summed E-state index contributed by atoms with van der Waals surface area (Å²) in [4.78, 5) is 16.2. The van der Waals surface area contributed by atoms with Gasteiger partial charge in [-0.25, -0.2) is 0 Å². The van der Waals surface area contributed by atoms with E-state index < -0.39 is 5.24 Å². The second-order valence-corrected chi connectivity index (χ2v) is 5.53. The maximum atomic E-state index is 11.6. The predicted octanol–water partition coefficient (Wildman–Crippen LogP) is 4.34. The number of benzene rings is 2. The van der Waals surface area contributed by atoms with E-state index in [9.17, 15) is 4.79 Å². The van der Waals surface area contributed by atoms with Gasteiger partial charge in [0.15, 0.2) is 5.71 Å². The Bertz CT molecular complexity index is 744. The molecule has 0 saturated carbocycles. The fourth-order valence-corrected chi connectivity index (χ4v) is 2.34. The summed E-state index contributed by atoms with van der Waals surface area (Å²) in [6.45, 7) is 2.17. The number of carbonyl (C=O) groups excluding carboxylic acids is 1. The van der Waals surface area contributed by atoms with Gasteiger partial charge in [0.05, 0.1) is 5.02 Å². The van der Waals surface area contributed by atoms with E-state index in [1.54, 1.807) is 18.2 Å². The Morgan fingerprint density at radius 2 is 1.96 bits per heavy atom. The van der Waals surface area contributed by atoms with Crippen molar-refractivity contribution >= 4 is 34.2 Å². The lowest BCUT2D eigenvalue weighted by atomic mass is 10.0. The summed E-state index contributed by atoms with van der Waals surface area (Å²) in [6.07, 6.45) is 0. The van der Waals surface area contributed by atoms with Gasteiger partial charge in [-0.3, -0.25) is 4.79 Å². The summed E-state index contributed by atoms with van der Waals surface area (Å²) in [5.41, 5.74) is 2.37. The molecule has 0 atom stereocenters. The molecule has 2 aromatic rings. The van der Waals surface area contributed by atoms with Gasteiger partial charge in [-0.05, 0) is 41.8 Å². The first-order valence-electron chi connectivity index (χ1n) is 6.81. The fraction of sp³-hybridized carbons (Fsp3) is 0.176. The van der Waals surface area contributed by atoms with Gasteiger partial charge in [0.2, 0.25) is 0 Å². The van der Waals surface area contributed by atoms with E-state index in [1.807, 2.05) is 31.2 Å². The largest absolute Gasteiger partial charge is 0.487 e. The second kappa shape index (κ2) is 7.99. The van der Waals surface area contributed by atoms with Crippen LogP contribution in [0.4, 0.5) is 0 Å². The maximum Gasteiger partial charge on any atom is 0.274 e. The topological polar surface area (TPSA) is 47.9 Å². The summed E-state index contributed by atoms with van der Waals surface area (Å²) >= 11 is 11.7. The van der Waals surface area contributed by atoms with Gasteiger partial charge in [-0.1, -0.05) is 47.1 Å². The monoisotopic (exact) mass is 351 g/mol. The van der Waals surface area contributed by atoms with Crippen LogP contribution < -0.4 is 4.74 Å². The summed E-state index contributed by atoms with van der Waals surface area (Å²) in [5, 5.41) is 3.51. The average molecular weight is 352 g/mol. The summed E-state index contributed by atoms with van der Waals surface area (Å²) < 4.78 is 5.77. The van der Waals surface area contributed by atoms with E-state index in [0.29, 0.717) is 16.3 Å². The molecule has 0 saturated heterocycles. The van der Waals surface area contributed by atoms with Gasteiger partial charge in [-0.15, -0.1) is 0 Å².